The number of carboxylic acid groups (broad SMARTS) is 1. The van der Waals surface area contributed by atoms with Crippen LogP contribution in [0.4, 0.5) is 0 Å². The van der Waals surface area contributed by atoms with E-state index in [1.807, 2.05) is 6.08 Å². The standard InChI is InChI=1S/C11H12O3/c12-10-7-5-9(6-8-10)3-1-2-4-11(13)14/h1,3,5-8,12H,2,4H2,(H,13,14)/b3-1+. The first kappa shape index (κ1) is 10.3. The number of phenolic OH excluding ortho intramolecular Hbond substituents is 1. The van der Waals surface area contributed by atoms with Crippen LogP contribution in [0.5, 0.6) is 5.75 Å². The van der Waals surface area contributed by atoms with E-state index in [1.165, 1.54) is 0 Å². The van der Waals surface area contributed by atoms with Crippen LogP contribution in [0.15, 0.2) is 30.3 Å². The zero-order chi connectivity index (χ0) is 10.4. The molecule has 0 saturated heterocycles. The molecule has 74 valence electrons. The molecule has 2 N–H and O–H groups in total. The van der Waals surface area contributed by atoms with Crippen molar-refractivity contribution in [2.75, 3.05) is 0 Å². The van der Waals surface area contributed by atoms with Gasteiger partial charge in [0.25, 0.3) is 0 Å². The predicted octanol–water partition coefficient (Wildman–Crippen LogP) is 2.27. The molecule has 14 heavy (non-hydrogen) atoms. The van der Waals surface area contributed by atoms with Gasteiger partial charge in [-0.25, -0.2) is 0 Å². The number of hydrogen-bond acceptors (Lipinski definition) is 2. The summed E-state index contributed by atoms with van der Waals surface area (Å²) >= 11 is 0. The number of carboxylic acids is 1. The van der Waals surface area contributed by atoms with Crippen molar-refractivity contribution >= 4 is 12.0 Å². The molecular formula is C11H12O3. The minimum atomic E-state index is -0.791. The molecule has 0 spiro atoms. The van der Waals surface area contributed by atoms with E-state index in [2.05, 4.69) is 0 Å². The molecular weight excluding hydrogens is 180 g/mol. The average molecular weight is 192 g/mol. The van der Waals surface area contributed by atoms with Crippen molar-refractivity contribution in [3.05, 3.63) is 35.9 Å². The van der Waals surface area contributed by atoms with Gasteiger partial charge >= 0.3 is 5.97 Å². The smallest absolute Gasteiger partial charge is 0.303 e. The quantitative estimate of drug-likeness (QED) is 0.769. The Labute approximate surface area is 82.3 Å². The summed E-state index contributed by atoms with van der Waals surface area (Å²) in [5.41, 5.74) is 0.952. The molecule has 0 atom stereocenters. The molecule has 0 fully saturated rings. The van der Waals surface area contributed by atoms with Gasteiger partial charge in [0.1, 0.15) is 5.75 Å². The fourth-order valence-corrected chi connectivity index (χ4v) is 1.01. The molecule has 0 aliphatic heterocycles. The molecule has 0 unspecified atom stereocenters. The number of allylic oxidation sites excluding steroid dienone is 1. The van der Waals surface area contributed by atoms with Crippen molar-refractivity contribution in [2.45, 2.75) is 12.8 Å². The molecule has 1 aromatic rings. The van der Waals surface area contributed by atoms with Crippen LogP contribution in [0, 0.1) is 0 Å². The Balaban J connectivity index is 2.44. The lowest BCUT2D eigenvalue weighted by atomic mass is 10.2. The molecule has 0 bridgehead atoms. The van der Waals surface area contributed by atoms with Crippen LogP contribution in [0.25, 0.3) is 6.08 Å². The van der Waals surface area contributed by atoms with Crippen molar-refractivity contribution in [2.24, 2.45) is 0 Å². The molecule has 1 rings (SSSR count). The highest BCUT2D eigenvalue weighted by molar-refractivity contribution is 5.67. The summed E-state index contributed by atoms with van der Waals surface area (Å²) in [5.74, 6) is -0.562. The van der Waals surface area contributed by atoms with Crippen LogP contribution in [-0.2, 0) is 4.79 Å². The van der Waals surface area contributed by atoms with Gasteiger partial charge in [0.05, 0.1) is 0 Å². The van der Waals surface area contributed by atoms with Crippen LogP contribution >= 0.6 is 0 Å². The summed E-state index contributed by atoms with van der Waals surface area (Å²) in [6, 6.07) is 6.73. The topological polar surface area (TPSA) is 57.5 Å². The summed E-state index contributed by atoms with van der Waals surface area (Å²) in [6.45, 7) is 0. The van der Waals surface area contributed by atoms with E-state index < -0.39 is 5.97 Å². The van der Waals surface area contributed by atoms with Gasteiger partial charge in [-0.3, -0.25) is 4.79 Å². The summed E-state index contributed by atoms with van der Waals surface area (Å²) in [5, 5.41) is 17.4. The molecule has 0 saturated carbocycles. The Morgan fingerprint density at radius 3 is 2.50 bits per heavy atom. The summed E-state index contributed by atoms with van der Waals surface area (Å²) in [6.07, 6.45) is 4.31. The van der Waals surface area contributed by atoms with Gasteiger partial charge in [0.2, 0.25) is 0 Å². The highest BCUT2D eigenvalue weighted by Crippen LogP contribution is 2.11. The molecule has 0 heterocycles. The van der Waals surface area contributed by atoms with Crippen LogP contribution in [0.1, 0.15) is 18.4 Å². The molecule has 1 aromatic carbocycles. The van der Waals surface area contributed by atoms with E-state index in [9.17, 15) is 4.79 Å². The third kappa shape index (κ3) is 3.76. The zero-order valence-electron chi connectivity index (χ0n) is 7.68. The highest BCUT2D eigenvalue weighted by Gasteiger charge is 1.92. The van der Waals surface area contributed by atoms with Crippen molar-refractivity contribution in [3.63, 3.8) is 0 Å². The number of rotatable bonds is 4. The number of hydrogen-bond donors (Lipinski definition) is 2. The molecule has 0 aliphatic carbocycles. The fraction of sp³-hybridized carbons (Fsp3) is 0.182. The van der Waals surface area contributed by atoms with Crippen LogP contribution < -0.4 is 0 Å². The molecule has 0 amide bonds. The number of aliphatic carboxylic acids is 1. The van der Waals surface area contributed by atoms with Crippen molar-refractivity contribution in [3.8, 4) is 5.75 Å². The van der Waals surface area contributed by atoms with E-state index in [0.717, 1.165) is 5.56 Å². The SMILES string of the molecule is O=C(O)CC/C=C/c1ccc(O)cc1. The van der Waals surface area contributed by atoms with Gasteiger partial charge in [-0.2, -0.15) is 0 Å². The van der Waals surface area contributed by atoms with Gasteiger partial charge in [-0.05, 0) is 24.1 Å². The molecule has 3 heteroatoms. The lowest BCUT2D eigenvalue weighted by Gasteiger charge is -1.93. The lowest BCUT2D eigenvalue weighted by Crippen LogP contribution is -1.91. The van der Waals surface area contributed by atoms with Crippen LogP contribution in [-0.4, -0.2) is 16.2 Å². The van der Waals surface area contributed by atoms with Crippen LogP contribution in [0.2, 0.25) is 0 Å². The second-order valence-electron chi connectivity index (χ2n) is 2.93. The zero-order valence-corrected chi connectivity index (χ0v) is 7.68. The van der Waals surface area contributed by atoms with Gasteiger partial charge in [0.15, 0.2) is 0 Å². The lowest BCUT2D eigenvalue weighted by molar-refractivity contribution is -0.136. The molecule has 0 aromatic heterocycles. The van der Waals surface area contributed by atoms with Gasteiger partial charge < -0.3 is 10.2 Å². The molecule has 3 nitrogen and oxygen atoms in total. The van der Waals surface area contributed by atoms with E-state index >= 15 is 0 Å². The number of benzene rings is 1. The van der Waals surface area contributed by atoms with E-state index in [1.54, 1.807) is 30.3 Å². The normalized spacial score (nSPS) is 10.6. The minimum Gasteiger partial charge on any atom is -0.508 e. The Morgan fingerprint density at radius 1 is 1.29 bits per heavy atom. The maximum atomic E-state index is 10.2. The Hall–Kier alpha value is -1.77. The first-order valence-electron chi connectivity index (χ1n) is 4.36. The Kier molecular flexibility index (Phi) is 3.73. The molecule has 0 radical (unpaired) electrons. The third-order valence-corrected chi connectivity index (χ3v) is 1.73. The number of carbonyl (C=O) groups is 1. The van der Waals surface area contributed by atoms with E-state index in [-0.39, 0.29) is 12.2 Å². The summed E-state index contributed by atoms with van der Waals surface area (Å²) in [4.78, 5) is 10.2. The maximum Gasteiger partial charge on any atom is 0.303 e. The Morgan fingerprint density at radius 2 is 1.93 bits per heavy atom. The second-order valence-corrected chi connectivity index (χ2v) is 2.93. The van der Waals surface area contributed by atoms with Crippen molar-refractivity contribution < 1.29 is 15.0 Å². The summed E-state index contributed by atoms with van der Waals surface area (Å²) < 4.78 is 0. The monoisotopic (exact) mass is 192 g/mol. The van der Waals surface area contributed by atoms with Gasteiger partial charge in [0, 0.05) is 6.42 Å². The Bertz CT molecular complexity index is 325. The first-order chi connectivity index (χ1) is 6.68. The fourth-order valence-electron chi connectivity index (χ4n) is 1.01. The molecule has 0 aliphatic rings. The van der Waals surface area contributed by atoms with Gasteiger partial charge in [-0.1, -0.05) is 24.3 Å². The van der Waals surface area contributed by atoms with E-state index in [4.69, 9.17) is 10.2 Å². The number of phenols is 1. The van der Waals surface area contributed by atoms with Crippen molar-refractivity contribution in [1.82, 2.24) is 0 Å². The van der Waals surface area contributed by atoms with Crippen LogP contribution in [0.3, 0.4) is 0 Å². The minimum absolute atomic E-state index is 0.147. The van der Waals surface area contributed by atoms with Crippen molar-refractivity contribution in [1.29, 1.82) is 0 Å². The maximum absolute atomic E-state index is 10.2. The van der Waals surface area contributed by atoms with E-state index in [0.29, 0.717) is 6.42 Å². The third-order valence-electron chi connectivity index (χ3n) is 1.73. The average Bonchev–Trinajstić information content (AvgIpc) is 2.15. The predicted molar refractivity (Wildman–Crippen MR) is 54.0 cm³/mol. The highest BCUT2D eigenvalue weighted by atomic mass is 16.4. The number of aromatic hydroxyl groups is 1. The van der Waals surface area contributed by atoms with Gasteiger partial charge in [-0.15, -0.1) is 0 Å². The first-order valence-corrected chi connectivity index (χ1v) is 4.36. The second kappa shape index (κ2) is 5.07. The summed E-state index contributed by atoms with van der Waals surface area (Å²) in [7, 11) is 0. The largest absolute Gasteiger partial charge is 0.508 e.